The molecule has 8 heteroatoms. The number of hydrogen-bond acceptors (Lipinski definition) is 4. The number of anilines is 1. The number of sulfonamides is 1. The van der Waals surface area contributed by atoms with Crippen molar-refractivity contribution < 1.29 is 23.1 Å². The maximum atomic E-state index is 12.3. The van der Waals surface area contributed by atoms with E-state index in [1.165, 1.54) is 25.3 Å². The predicted octanol–water partition coefficient (Wildman–Crippen LogP) is 3.88. The maximum Gasteiger partial charge on any atom is 0.339 e. The van der Waals surface area contributed by atoms with Crippen molar-refractivity contribution >= 4 is 43.7 Å². The van der Waals surface area contributed by atoms with E-state index >= 15 is 0 Å². The molecular weight excluding hydrogens is 410 g/mol. The summed E-state index contributed by atoms with van der Waals surface area (Å²) >= 11 is 3.11. The smallest absolute Gasteiger partial charge is 0.339 e. The number of hydrogen-bond donors (Lipinski definition) is 2. The zero-order valence-electron chi connectivity index (χ0n) is 13.5. The number of aryl methyl sites for hydroxylation is 1. The summed E-state index contributed by atoms with van der Waals surface area (Å²) in [6.45, 7) is 1.93. The molecule has 0 aliphatic carbocycles. The molecule has 6 nitrogen and oxygen atoms in total. The van der Waals surface area contributed by atoms with E-state index < -0.39 is 16.0 Å². The third-order valence-corrected chi connectivity index (χ3v) is 4.96. The molecule has 0 heterocycles. The molecule has 2 rings (SSSR count). The van der Waals surface area contributed by atoms with Gasteiger partial charge in [-0.25, -0.2) is 13.2 Å². The molecule has 2 N–H and O–H groups in total. The number of rotatable bonds is 6. The van der Waals surface area contributed by atoms with Crippen LogP contribution in [0.3, 0.4) is 0 Å². The number of carboxylic acids is 1. The zero-order valence-corrected chi connectivity index (χ0v) is 15.9. The molecule has 0 aliphatic rings. The number of aromatic carboxylic acids is 1. The van der Waals surface area contributed by atoms with Gasteiger partial charge < -0.3 is 9.84 Å². The van der Waals surface area contributed by atoms with Gasteiger partial charge in [-0.3, -0.25) is 4.72 Å². The van der Waals surface area contributed by atoms with Gasteiger partial charge in [0.1, 0.15) is 17.0 Å². The highest BCUT2D eigenvalue weighted by atomic mass is 79.9. The van der Waals surface area contributed by atoms with Crippen molar-refractivity contribution in [3.63, 3.8) is 0 Å². The second kappa shape index (κ2) is 7.71. The molecular formula is C17H16BrNO5S. The number of ether oxygens (including phenoxy) is 1. The van der Waals surface area contributed by atoms with Gasteiger partial charge in [0.05, 0.1) is 12.5 Å². The highest BCUT2D eigenvalue weighted by Gasteiger charge is 2.22. The van der Waals surface area contributed by atoms with Crippen molar-refractivity contribution in [2.75, 3.05) is 11.8 Å². The van der Waals surface area contributed by atoms with Gasteiger partial charge in [0.2, 0.25) is 0 Å². The van der Waals surface area contributed by atoms with Crippen LogP contribution >= 0.6 is 15.9 Å². The molecule has 2 aromatic rings. The van der Waals surface area contributed by atoms with Crippen molar-refractivity contribution in [2.24, 2.45) is 0 Å². The van der Waals surface area contributed by atoms with E-state index in [1.54, 1.807) is 12.1 Å². The van der Waals surface area contributed by atoms with Gasteiger partial charge in [-0.1, -0.05) is 29.8 Å². The van der Waals surface area contributed by atoms with Gasteiger partial charge >= 0.3 is 5.97 Å². The van der Waals surface area contributed by atoms with Crippen molar-refractivity contribution in [1.29, 1.82) is 0 Å². The number of nitrogens with one attached hydrogen (secondary N) is 1. The van der Waals surface area contributed by atoms with Crippen LogP contribution in [0.1, 0.15) is 21.5 Å². The lowest BCUT2D eigenvalue weighted by Gasteiger charge is -2.14. The van der Waals surface area contributed by atoms with Gasteiger partial charge in [-0.15, -0.1) is 0 Å². The number of benzene rings is 2. The molecule has 0 amide bonds. The van der Waals surface area contributed by atoms with Crippen molar-refractivity contribution in [2.45, 2.75) is 6.92 Å². The first kappa shape index (κ1) is 19.0. The van der Waals surface area contributed by atoms with Gasteiger partial charge in [-0.05, 0) is 46.6 Å². The highest BCUT2D eigenvalue weighted by molar-refractivity contribution is 9.10. The second-order valence-electron chi connectivity index (χ2n) is 5.17. The predicted molar refractivity (Wildman–Crippen MR) is 100 cm³/mol. The van der Waals surface area contributed by atoms with E-state index in [-0.39, 0.29) is 21.5 Å². The topological polar surface area (TPSA) is 92.7 Å². The van der Waals surface area contributed by atoms with E-state index in [9.17, 15) is 18.3 Å². The summed E-state index contributed by atoms with van der Waals surface area (Å²) in [5.41, 5.74) is 1.39. The largest absolute Gasteiger partial charge is 0.495 e. The van der Waals surface area contributed by atoms with Crippen LogP contribution < -0.4 is 9.46 Å². The summed E-state index contributed by atoms with van der Waals surface area (Å²) in [6, 6.07) is 10.2. The summed E-state index contributed by atoms with van der Waals surface area (Å²) < 4.78 is 32.2. The van der Waals surface area contributed by atoms with Crippen LogP contribution in [-0.2, 0) is 10.0 Å². The molecule has 25 heavy (non-hydrogen) atoms. The van der Waals surface area contributed by atoms with Crippen LogP contribution in [0, 0.1) is 6.92 Å². The second-order valence-corrected chi connectivity index (χ2v) is 7.59. The van der Waals surface area contributed by atoms with Crippen LogP contribution in [0.2, 0.25) is 0 Å². The Morgan fingerprint density at radius 1 is 1.20 bits per heavy atom. The molecule has 132 valence electrons. The van der Waals surface area contributed by atoms with Crippen molar-refractivity contribution in [3.8, 4) is 5.75 Å². The average Bonchev–Trinajstić information content (AvgIpc) is 2.54. The first-order valence-corrected chi connectivity index (χ1v) is 9.45. The Hall–Kier alpha value is -2.32. The fourth-order valence-electron chi connectivity index (χ4n) is 2.06. The van der Waals surface area contributed by atoms with Crippen LogP contribution in [0.25, 0.3) is 6.08 Å². The van der Waals surface area contributed by atoms with Gasteiger partial charge in [0.15, 0.2) is 0 Å². The normalized spacial score (nSPS) is 11.5. The Balaban J connectivity index is 2.39. The standard InChI is InChI=1S/C17H16BrNO5S/c1-11-3-5-12(6-4-11)9-10-25(22,23)19-16-14(24-2)8-7-13(18)15(16)17(20)21/h3-10,19H,1-2H3,(H,20,21). The van der Waals surface area contributed by atoms with E-state index in [4.69, 9.17) is 4.74 Å². The molecule has 0 fully saturated rings. The number of carbonyl (C=O) groups is 1. The summed E-state index contributed by atoms with van der Waals surface area (Å²) in [4.78, 5) is 11.5. The molecule has 0 unspecified atom stereocenters. The Morgan fingerprint density at radius 3 is 2.40 bits per heavy atom. The fourth-order valence-corrected chi connectivity index (χ4v) is 3.45. The maximum absolute atomic E-state index is 12.3. The van der Waals surface area contributed by atoms with Gasteiger partial charge in [0, 0.05) is 4.47 Å². The van der Waals surface area contributed by atoms with E-state index in [0.717, 1.165) is 11.0 Å². The number of methoxy groups -OCH3 is 1. The molecule has 0 bridgehead atoms. The minimum atomic E-state index is -3.94. The molecule has 2 aromatic carbocycles. The van der Waals surface area contributed by atoms with E-state index in [2.05, 4.69) is 20.7 Å². The van der Waals surface area contributed by atoms with Crippen LogP contribution in [-0.4, -0.2) is 26.6 Å². The quantitative estimate of drug-likeness (QED) is 0.732. The monoisotopic (exact) mass is 425 g/mol. The summed E-state index contributed by atoms with van der Waals surface area (Å²) in [5.74, 6) is -1.18. The van der Waals surface area contributed by atoms with Crippen LogP contribution in [0.4, 0.5) is 5.69 Å². The first-order chi connectivity index (χ1) is 11.7. The Kier molecular flexibility index (Phi) is 5.86. The third kappa shape index (κ3) is 4.83. The van der Waals surface area contributed by atoms with Crippen molar-refractivity contribution in [3.05, 3.63) is 63.0 Å². The number of carboxylic acid groups (broad SMARTS) is 1. The molecule has 0 atom stereocenters. The molecule has 0 radical (unpaired) electrons. The van der Waals surface area contributed by atoms with Gasteiger partial charge in [-0.2, -0.15) is 0 Å². The Labute approximate surface area is 154 Å². The lowest BCUT2D eigenvalue weighted by Crippen LogP contribution is -2.14. The molecule has 0 aliphatic heterocycles. The lowest BCUT2D eigenvalue weighted by molar-refractivity contribution is 0.0696. The fraction of sp³-hybridized carbons (Fsp3) is 0.118. The summed E-state index contributed by atoms with van der Waals surface area (Å²) in [6.07, 6.45) is 1.42. The van der Waals surface area contributed by atoms with Crippen LogP contribution in [0.15, 0.2) is 46.3 Å². The van der Waals surface area contributed by atoms with Crippen LogP contribution in [0.5, 0.6) is 5.75 Å². The van der Waals surface area contributed by atoms with E-state index in [0.29, 0.717) is 5.56 Å². The average molecular weight is 426 g/mol. The highest BCUT2D eigenvalue weighted by Crippen LogP contribution is 2.35. The number of halogens is 1. The molecule has 0 saturated carbocycles. The van der Waals surface area contributed by atoms with Gasteiger partial charge in [0.25, 0.3) is 10.0 Å². The summed E-state index contributed by atoms with van der Waals surface area (Å²) in [7, 11) is -2.61. The zero-order chi connectivity index (χ0) is 18.6. The minimum Gasteiger partial charge on any atom is -0.495 e. The molecule has 0 spiro atoms. The SMILES string of the molecule is COc1ccc(Br)c(C(=O)O)c1NS(=O)(=O)C=Cc1ccc(C)cc1. The lowest BCUT2D eigenvalue weighted by atomic mass is 10.1. The third-order valence-electron chi connectivity index (χ3n) is 3.31. The molecule has 0 aromatic heterocycles. The van der Waals surface area contributed by atoms with E-state index in [1.807, 2.05) is 19.1 Å². The summed E-state index contributed by atoms with van der Waals surface area (Å²) in [5, 5.41) is 10.3. The molecule has 0 saturated heterocycles. The Morgan fingerprint density at radius 2 is 1.84 bits per heavy atom. The minimum absolute atomic E-state index is 0.105. The Bertz CT molecular complexity index is 921. The van der Waals surface area contributed by atoms with Crippen molar-refractivity contribution in [1.82, 2.24) is 0 Å². The first-order valence-electron chi connectivity index (χ1n) is 7.11.